The van der Waals surface area contributed by atoms with Crippen LogP contribution in [0.2, 0.25) is 0 Å². The number of amides is 2. The number of aryl methyl sites for hydroxylation is 1. The fourth-order valence-electron chi connectivity index (χ4n) is 3.56. The number of ether oxygens (including phenoxy) is 1. The lowest BCUT2D eigenvalue weighted by molar-refractivity contribution is -0.119. The molecule has 0 atom stereocenters. The van der Waals surface area contributed by atoms with Crippen LogP contribution in [0.3, 0.4) is 0 Å². The second kappa shape index (κ2) is 10.2. The van der Waals surface area contributed by atoms with Gasteiger partial charge in [-0.1, -0.05) is 12.5 Å². The number of methoxy groups -OCH3 is 1. The van der Waals surface area contributed by atoms with Gasteiger partial charge < -0.3 is 15.4 Å². The SMILES string of the molecule is COc1cccc(NC(=O)CN(C)CC(=O)Nc2sc3c(c2C#N)CCCCC3)c1. The molecule has 158 valence electrons. The molecular formula is C22H26N4O3S. The average Bonchev–Trinajstić information content (AvgIpc) is 2.86. The molecule has 0 aliphatic heterocycles. The lowest BCUT2D eigenvalue weighted by Crippen LogP contribution is -2.36. The van der Waals surface area contributed by atoms with Crippen LogP contribution in [0.1, 0.15) is 35.3 Å². The highest BCUT2D eigenvalue weighted by Gasteiger charge is 2.21. The summed E-state index contributed by atoms with van der Waals surface area (Å²) in [5.41, 5.74) is 2.33. The number of fused-ring (bicyclic) bond motifs is 1. The Morgan fingerprint density at radius 1 is 1.17 bits per heavy atom. The number of nitrogens with zero attached hydrogens (tertiary/aromatic N) is 2. The second-order valence-corrected chi connectivity index (χ2v) is 8.49. The van der Waals surface area contributed by atoms with Gasteiger partial charge in [0.1, 0.15) is 16.8 Å². The lowest BCUT2D eigenvalue weighted by atomic mass is 10.1. The molecule has 0 saturated carbocycles. The van der Waals surface area contributed by atoms with Gasteiger partial charge in [-0.25, -0.2) is 0 Å². The van der Waals surface area contributed by atoms with Crippen molar-refractivity contribution in [1.82, 2.24) is 4.90 Å². The first-order valence-corrected chi connectivity index (χ1v) is 10.8. The first-order valence-electron chi connectivity index (χ1n) is 9.97. The predicted molar refractivity (Wildman–Crippen MR) is 118 cm³/mol. The van der Waals surface area contributed by atoms with E-state index in [9.17, 15) is 14.9 Å². The molecule has 3 rings (SSSR count). The smallest absolute Gasteiger partial charge is 0.239 e. The van der Waals surface area contributed by atoms with Crippen LogP contribution in [-0.4, -0.2) is 44.0 Å². The summed E-state index contributed by atoms with van der Waals surface area (Å²) < 4.78 is 5.15. The van der Waals surface area contributed by atoms with E-state index in [1.807, 2.05) is 0 Å². The molecule has 0 unspecified atom stereocenters. The van der Waals surface area contributed by atoms with Crippen molar-refractivity contribution in [3.8, 4) is 11.8 Å². The van der Waals surface area contributed by atoms with Crippen LogP contribution in [-0.2, 0) is 22.4 Å². The van der Waals surface area contributed by atoms with E-state index in [4.69, 9.17) is 4.74 Å². The summed E-state index contributed by atoms with van der Waals surface area (Å²) in [5, 5.41) is 15.9. The highest BCUT2D eigenvalue weighted by atomic mass is 32.1. The number of nitrogens with one attached hydrogen (secondary N) is 2. The van der Waals surface area contributed by atoms with Crippen molar-refractivity contribution in [3.63, 3.8) is 0 Å². The van der Waals surface area contributed by atoms with Crippen LogP contribution in [0, 0.1) is 11.3 Å². The molecular weight excluding hydrogens is 400 g/mol. The molecule has 2 N–H and O–H groups in total. The second-order valence-electron chi connectivity index (χ2n) is 7.38. The molecule has 1 heterocycles. The number of nitriles is 1. The van der Waals surface area contributed by atoms with Crippen molar-refractivity contribution in [2.45, 2.75) is 32.1 Å². The van der Waals surface area contributed by atoms with Crippen LogP contribution in [0.25, 0.3) is 0 Å². The Morgan fingerprint density at radius 3 is 2.63 bits per heavy atom. The summed E-state index contributed by atoms with van der Waals surface area (Å²) in [6.07, 6.45) is 5.24. The van der Waals surface area contributed by atoms with Gasteiger partial charge in [-0.3, -0.25) is 14.5 Å². The van der Waals surface area contributed by atoms with Crippen LogP contribution < -0.4 is 15.4 Å². The minimum atomic E-state index is -0.236. The molecule has 8 heteroatoms. The lowest BCUT2D eigenvalue weighted by Gasteiger charge is -2.16. The normalized spacial score (nSPS) is 13.1. The van der Waals surface area contributed by atoms with Crippen LogP contribution in [0.5, 0.6) is 5.75 Å². The summed E-state index contributed by atoms with van der Waals surface area (Å²) in [6, 6.07) is 9.36. The van der Waals surface area contributed by atoms with E-state index < -0.39 is 0 Å². The maximum atomic E-state index is 12.5. The molecule has 0 spiro atoms. The van der Waals surface area contributed by atoms with Gasteiger partial charge in [0, 0.05) is 16.6 Å². The number of thiophene rings is 1. The topological polar surface area (TPSA) is 94.5 Å². The van der Waals surface area contributed by atoms with Crippen molar-refractivity contribution in [2.24, 2.45) is 0 Å². The fraction of sp³-hybridized carbons (Fsp3) is 0.409. The van der Waals surface area contributed by atoms with Crippen LogP contribution in [0.4, 0.5) is 10.7 Å². The molecule has 0 radical (unpaired) electrons. The third-order valence-corrected chi connectivity index (χ3v) is 6.17. The van der Waals surface area contributed by atoms with E-state index in [0.29, 0.717) is 22.0 Å². The van der Waals surface area contributed by atoms with E-state index in [2.05, 4.69) is 16.7 Å². The zero-order chi connectivity index (χ0) is 21.5. The molecule has 1 aliphatic rings. The molecule has 0 bridgehead atoms. The maximum absolute atomic E-state index is 12.5. The third kappa shape index (κ3) is 5.59. The van der Waals surface area contributed by atoms with Crippen molar-refractivity contribution in [1.29, 1.82) is 5.26 Å². The zero-order valence-electron chi connectivity index (χ0n) is 17.3. The molecule has 2 aromatic rings. The minimum Gasteiger partial charge on any atom is -0.497 e. The number of carbonyl (C=O) groups excluding carboxylic acids is 2. The van der Waals surface area contributed by atoms with Gasteiger partial charge in [0.2, 0.25) is 11.8 Å². The van der Waals surface area contributed by atoms with Crippen LogP contribution >= 0.6 is 11.3 Å². The molecule has 2 amide bonds. The van der Waals surface area contributed by atoms with Crippen molar-refractivity contribution >= 4 is 33.8 Å². The summed E-state index contributed by atoms with van der Waals surface area (Å²) in [7, 11) is 3.27. The predicted octanol–water partition coefficient (Wildman–Crippen LogP) is 3.41. The Hall–Kier alpha value is -2.89. The summed E-state index contributed by atoms with van der Waals surface area (Å²) in [5.74, 6) is 0.196. The number of rotatable bonds is 7. The van der Waals surface area contributed by atoms with Gasteiger partial charge in [0.05, 0.1) is 25.8 Å². The number of benzene rings is 1. The summed E-state index contributed by atoms with van der Waals surface area (Å²) >= 11 is 1.51. The molecule has 0 saturated heterocycles. The van der Waals surface area contributed by atoms with Gasteiger partial charge in [-0.05, 0) is 50.4 Å². The number of anilines is 2. The molecule has 0 fully saturated rings. The largest absolute Gasteiger partial charge is 0.497 e. The van der Waals surface area contributed by atoms with E-state index in [1.54, 1.807) is 43.3 Å². The number of hydrogen-bond donors (Lipinski definition) is 2. The average molecular weight is 427 g/mol. The highest BCUT2D eigenvalue weighted by molar-refractivity contribution is 7.16. The Labute approximate surface area is 180 Å². The first-order chi connectivity index (χ1) is 14.5. The Balaban J connectivity index is 1.54. The Bertz CT molecular complexity index is 964. The molecule has 1 aliphatic carbocycles. The molecule has 30 heavy (non-hydrogen) atoms. The van der Waals surface area contributed by atoms with Crippen molar-refractivity contribution < 1.29 is 14.3 Å². The Kier molecular flexibility index (Phi) is 7.44. The molecule has 1 aromatic heterocycles. The van der Waals surface area contributed by atoms with Gasteiger partial charge >= 0.3 is 0 Å². The van der Waals surface area contributed by atoms with E-state index in [-0.39, 0.29) is 24.9 Å². The summed E-state index contributed by atoms with van der Waals surface area (Å²) in [4.78, 5) is 27.6. The molecule has 1 aromatic carbocycles. The fourth-order valence-corrected chi connectivity index (χ4v) is 4.82. The Morgan fingerprint density at radius 2 is 1.90 bits per heavy atom. The quantitative estimate of drug-likeness (QED) is 0.662. The maximum Gasteiger partial charge on any atom is 0.239 e. The van der Waals surface area contributed by atoms with Crippen molar-refractivity contribution in [2.75, 3.05) is 37.9 Å². The highest BCUT2D eigenvalue weighted by Crippen LogP contribution is 2.36. The monoisotopic (exact) mass is 426 g/mol. The number of hydrogen-bond acceptors (Lipinski definition) is 6. The van der Waals surface area contributed by atoms with Gasteiger partial charge in [0.15, 0.2) is 0 Å². The summed E-state index contributed by atoms with van der Waals surface area (Å²) in [6.45, 7) is 0.121. The number of carbonyl (C=O) groups is 2. The molecule has 7 nitrogen and oxygen atoms in total. The zero-order valence-corrected chi connectivity index (χ0v) is 18.1. The van der Waals surface area contributed by atoms with E-state index in [1.165, 1.54) is 22.6 Å². The van der Waals surface area contributed by atoms with Gasteiger partial charge in [0.25, 0.3) is 0 Å². The van der Waals surface area contributed by atoms with Gasteiger partial charge in [-0.2, -0.15) is 5.26 Å². The van der Waals surface area contributed by atoms with Crippen LogP contribution in [0.15, 0.2) is 24.3 Å². The van der Waals surface area contributed by atoms with Gasteiger partial charge in [-0.15, -0.1) is 11.3 Å². The standard InChI is InChI=1S/C22H26N4O3S/c1-26(13-20(27)24-15-7-6-8-16(11-15)29-2)14-21(28)25-22-18(12-23)17-9-4-3-5-10-19(17)30-22/h6-8,11H,3-5,9-10,13-14H2,1-2H3,(H,24,27)(H,25,28). The van der Waals surface area contributed by atoms with Crippen molar-refractivity contribution in [3.05, 3.63) is 40.3 Å². The first kappa shape index (κ1) is 21.8. The minimum absolute atomic E-state index is 0.0545. The van der Waals surface area contributed by atoms with E-state index >= 15 is 0 Å². The van der Waals surface area contributed by atoms with E-state index in [0.717, 1.165) is 31.2 Å². The number of likely N-dealkylation sites (N-methyl/N-ethyl adjacent to an activating group) is 1. The third-order valence-electron chi connectivity index (χ3n) is 4.97.